The van der Waals surface area contributed by atoms with Crippen LogP contribution in [0.5, 0.6) is 0 Å². The van der Waals surface area contributed by atoms with Gasteiger partial charge in [0.05, 0.1) is 47.2 Å². The van der Waals surface area contributed by atoms with Crippen LogP contribution in [0.4, 0.5) is 10.3 Å². The lowest BCUT2D eigenvalue weighted by atomic mass is 10.0. The average molecular weight is 621 g/mol. The van der Waals surface area contributed by atoms with Crippen LogP contribution in [0.2, 0.25) is 0 Å². The zero-order valence-electron chi connectivity index (χ0n) is 20.1. The van der Waals surface area contributed by atoms with Gasteiger partial charge in [-0.25, -0.2) is 19.2 Å². The van der Waals surface area contributed by atoms with Crippen LogP contribution in [-0.2, 0) is 24.4 Å². The van der Waals surface area contributed by atoms with Crippen LogP contribution >= 0.6 is 22.9 Å². The SMILES string of the molecule is Cc1cc(CN(I)C(=O)c2cc(CN(CC(=O)O)Cc3ccc(C(=O)O)c(C)c3)nc(N)n2)ccc1F. The number of aryl methyl sites for hydroxylation is 2. The predicted molar refractivity (Wildman–Crippen MR) is 141 cm³/mol. The van der Waals surface area contributed by atoms with Crippen LogP contribution < -0.4 is 5.73 Å². The van der Waals surface area contributed by atoms with Gasteiger partial charge in [-0.1, -0.05) is 24.3 Å². The van der Waals surface area contributed by atoms with Gasteiger partial charge in [-0.05, 0) is 54.3 Å². The van der Waals surface area contributed by atoms with Gasteiger partial charge in [-0.3, -0.25) is 17.6 Å². The third-order valence-corrected chi connectivity index (χ3v) is 6.23. The number of aliphatic carboxylic acids is 1. The lowest BCUT2D eigenvalue weighted by Gasteiger charge is -2.21. The maximum absolute atomic E-state index is 13.6. The quantitative estimate of drug-likeness (QED) is 0.228. The highest BCUT2D eigenvalue weighted by atomic mass is 127. The Morgan fingerprint density at radius 2 is 1.59 bits per heavy atom. The number of nitrogens with zero attached hydrogens (tertiary/aromatic N) is 4. The highest BCUT2D eigenvalue weighted by Crippen LogP contribution is 2.19. The van der Waals surface area contributed by atoms with E-state index in [4.69, 9.17) is 5.73 Å². The molecule has 0 aliphatic carbocycles. The zero-order valence-corrected chi connectivity index (χ0v) is 22.3. The largest absolute Gasteiger partial charge is 0.480 e. The molecule has 1 aromatic heterocycles. The summed E-state index contributed by atoms with van der Waals surface area (Å²) in [6.07, 6.45) is 0. The van der Waals surface area contributed by atoms with Gasteiger partial charge in [-0.15, -0.1) is 0 Å². The number of carbonyl (C=O) groups excluding carboxylic acids is 1. The number of carboxylic acids is 2. The number of anilines is 1. The first-order valence-corrected chi connectivity index (χ1v) is 12.0. The molecular weight excluding hydrogens is 596 g/mol. The van der Waals surface area contributed by atoms with Crippen molar-refractivity contribution in [2.24, 2.45) is 0 Å². The number of aromatic carboxylic acids is 1. The van der Waals surface area contributed by atoms with Crippen LogP contribution in [0.3, 0.4) is 0 Å². The van der Waals surface area contributed by atoms with Crippen molar-refractivity contribution < 1.29 is 29.0 Å². The first-order chi connectivity index (χ1) is 17.4. The number of amides is 1. The number of hydrogen-bond donors (Lipinski definition) is 3. The summed E-state index contributed by atoms with van der Waals surface area (Å²) in [5.41, 5.74) is 8.88. The van der Waals surface area contributed by atoms with Crippen LogP contribution in [0.15, 0.2) is 42.5 Å². The number of benzene rings is 2. The fraction of sp³-hybridized carbons (Fsp3) is 0.240. The molecule has 0 atom stereocenters. The van der Waals surface area contributed by atoms with E-state index in [9.17, 15) is 29.0 Å². The van der Waals surface area contributed by atoms with Crippen molar-refractivity contribution in [3.63, 3.8) is 0 Å². The Balaban J connectivity index is 1.79. The predicted octanol–water partition coefficient (Wildman–Crippen LogP) is 3.59. The minimum absolute atomic E-state index is 0.0349. The molecule has 0 spiro atoms. The molecule has 0 aliphatic rings. The smallest absolute Gasteiger partial charge is 0.335 e. The van der Waals surface area contributed by atoms with Crippen molar-refractivity contribution in [3.8, 4) is 0 Å². The minimum Gasteiger partial charge on any atom is -0.480 e. The molecule has 0 aliphatic heterocycles. The Morgan fingerprint density at radius 3 is 2.22 bits per heavy atom. The van der Waals surface area contributed by atoms with E-state index in [2.05, 4.69) is 9.97 Å². The van der Waals surface area contributed by atoms with Crippen molar-refractivity contribution in [1.29, 1.82) is 0 Å². The van der Waals surface area contributed by atoms with E-state index in [0.717, 1.165) is 11.1 Å². The van der Waals surface area contributed by atoms with Crippen LogP contribution in [0.1, 0.15) is 48.8 Å². The van der Waals surface area contributed by atoms with Crippen molar-refractivity contribution in [2.75, 3.05) is 12.3 Å². The zero-order chi connectivity index (χ0) is 27.3. The van der Waals surface area contributed by atoms with Crippen molar-refractivity contribution >= 4 is 46.7 Å². The highest BCUT2D eigenvalue weighted by Gasteiger charge is 2.20. The molecule has 12 heteroatoms. The van der Waals surface area contributed by atoms with E-state index in [1.807, 2.05) is 22.9 Å². The normalized spacial score (nSPS) is 10.9. The Morgan fingerprint density at radius 1 is 0.946 bits per heavy atom. The van der Waals surface area contributed by atoms with E-state index >= 15 is 0 Å². The Hall–Kier alpha value is -3.65. The molecule has 0 saturated carbocycles. The second kappa shape index (κ2) is 12.1. The first-order valence-electron chi connectivity index (χ1n) is 11.1. The molecule has 0 radical (unpaired) electrons. The lowest BCUT2D eigenvalue weighted by Crippen LogP contribution is -2.30. The summed E-state index contributed by atoms with van der Waals surface area (Å²) in [6, 6.07) is 10.8. The Kier molecular flexibility index (Phi) is 9.10. The van der Waals surface area contributed by atoms with E-state index in [0.29, 0.717) is 16.8 Å². The summed E-state index contributed by atoms with van der Waals surface area (Å²) in [6.45, 7) is 3.44. The minimum atomic E-state index is -1.06. The van der Waals surface area contributed by atoms with Crippen molar-refractivity contribution in [3.05, 3.63) is 87.5 Å². The monoisotopic (exact) mass is 621 g/mol. The summed E-state index contributed by atoms with van der Waals surface area (Å²) < 4.78 is 14.9. The molecule has 2 aromatic carbocycles. The van der Waals surface area contributed by atoms with E-state index in [1.165, 1.54) is 21.3 Å². The lowest BCUT2D eigenvalue weighted by molar-refractivity contribution is -0.138. The Bertz CT molecular complexity index is 1350. The van der Waals surface area contributed by atoms with Gasteiger partial charge < -0.3 is 15.9 Å². The third-order valence-electron chi connectivity index (χ3n) is 5.45. The Labute approximate surface area is 226 Å². The summed E-state index contributed by atoms with van der Waals surface area (Å²) in [4.78, 5) is 45.6. The van der Waals surface area contributed by atoms with Gasteiger partial charge in [0, 0.05) is 13.1 Å². The fourth-order valence-electron chi connectivity index (χ4n) is 3.78. The van der Waals surface area contributed by atoms with Crippen molar-refractivity contribution in [2.45, 2.75) is 33.5 Å². The molecule has 1 heterocycles. The molecule has 10 nitrogen and oxygen atoms in total. The third kappa shape index (κ3) is 7.67. The van der Waals surface area contributed by atoms with Gasteiger partial charge in [0.15, 0.2) is 0 Å². The average Bonchev–Trinajstić information content (AvgIpc) is 2.80. The first kappa shape index (κ1) is 27.9. The van der Waals surface area contributed by atoms with Gasteiger partial charge in [0.25, 0.3) is 5.91 Å². The number of rotatable bonds is 10. The highest BCUT2D eigenvalue weighted by molar-refractivity contribution is 14.1. The van der Waals surface area contributed by atoms with Crippen LogP contribution in [0, 0.1) is 19.7 Å². The molecule has 0 saturated heterocycles. The summed E-state index contributed by atoms with van der Waals surface area (Å²) in [5.74, 6) is -3.02. The van der Waals surface area contributed by atoms with Crippen molar-refractivity contribution in [1.82, 2.24) is 18.0 Å². The topological polar surface area (TPSA) is 150 Å². The molecule has 1 amide bonds. The van der Waals surface area contributed by atoms with Gasteiger partial charge >= 0.3 is 11.9 Å². The summed E-state index contributed by atoms with van der Waals surface area (Å²) in [7, 11) is 0. The number of aromatic nitrogens is 2. The van der Waals surface area contributed by atoms with Gasteiger partial charge in [0.1, 0.15) is 11.5 Å². The number of nitrogen functional groups attached to an aromatic ring is 1. The molecular formula is C25H25FIN5O5. The maximum Gasteiger partial charge on any atom is 0.335 e. The number of carbonyl (C=O) groups is 3. The van der Waals surface area contributed by atoms with Crippen LogP contribution in [-0.4, -0.2) is 52.6 Å². The standard InChI is InChI=1S/C25H25FIN5O5/c1-14-7-16(3-5-19(14)24(36)37)10-31(13-22(33)34)12-18-9-21(30-25(28)29-18)23(35)32(27)11-17-4-6-20(26)15(2)8-17/h3-9H,10-13H2,1-2H3,(H,33,34)(H,36,37)(H2,28,29,30). The van der Waals surface area contributed by atoms with E-state index < -0.39 is 17.8 Å². The molecule has 0 bridgehead atoms. The number of halogens is 2. The van der Waals surface area contributed by atoms with E-state index in [1.54, 1.807) is 43.0 Å². The molecule has 0 fully saturated rings. The van der Waals surface area contributed by atoms with Crippen LogP contribution in [0.25, 0.3) is 0 Å². The molecule has 194 valence electrons. The number of carboxylic acid groups (broad SMARTS) is 2. The summed E-state index contributed by atoms with van der Waals surface area (Å²) in [5, 5.41) is 18.6. The molecule has 3 rings (SSSR count). The maximum atomic E-state index is 13.6. The molecule has 37 heavy (non-hydrogen) atoms. The van der Waals surface area contributed by atoms with Gasteiger partial charge in [0.2, 0.25) is 5.95 Å². The van der Waals surface area contributed by atoms with Gasteiger partial charge in [-0.2, -0.15) is 0 Å². The molecule has 0 unspecified atom stereocenters. The van der Waals surface area contributed by atoms with E-state index in [-0.39, 0.29) is 49.2 Å². The second-order valence-corrected chi connectivity index (χ2v) is 9.67. The second-order valence-electron chi connectivity index (χ2n) is 8.51. The molecule has 4 N–H and O–H groups in total. The number of nitrogens with two attached hydrogens (primary N) is 1. The molecule has 3 aromatic rings. The summed E-state index contributed by atoms with van der Waals surface area (Å²) >= 11 is 1.84. The number of hydrogen-bond acceptors (Lipinski definition) is 7. The fourth-order valence-corrected chi connectivity index (χ4v) is 4.42.